The molecule has 0 N–H and O–H groups in total. The summed E-state index contributed by atoms with van der Waals surface area (Å²) in [6.45, 7) is 0.116. The molecule has 1 aliphatic rings. The molecule has 1 fully saturated rings. The smallest absolute Gasteiger partial charge is 0.361 e. The molecule has 1 aliphatic heterocycles. The molecule has 1 saturated heterocycles. The lowest BCUT2D eigenvalue weighted by molar-refractivity contribution is -0.333. The van der Waals surface area contributed by atoms with Crippen LogP contribution in [0.2, 0.25) is 5.02 Å². The Morgan fingerprint density at radius 3 is 2.27 bits per heavy atom. The van der Waals surface area contributed by atoms with Crippen molar-refractivity contribution in [1.29, 1.82) is 0 Å². The van der Waals surface area contributed by atoms with Crippen molar-refractivity contribution in [3.63, 3.8) is 0 Å². The van der Waals surface area contributed by atoms with E-state index in [-0.39, 0.29) is 23.6 Å². The van der Waals surface area contributed by atoms with Crippen LogP contribution in [0, 0.1) is 0 Å². The first kappa shape index (κ1) is 10.8. The number of halogens is 4. The highest BCUT2D eigenvalue weighted by molar-refractivity contribution is 6.31. The molecule has 0 aromatic heterocycles. The lowest BCUT2D eigenvalue weighted by Gasteiger charge is -2.43. The summed E-state index contributed by atoms with van der Waals surface area (Å²) < 4.78 is 43.3. The minimum Gasteiger partial charge on any atom is -0.361 e. The van der Waals surface area contributed by atoms with Gasteiger partial charge in [0.15, 0.2) is 5.60 Å². The standard InChI is InChI=1S/C10H8ClF3O/c11-8-4-2-1-3-7(8)9(5-6-15-9)10(12,13)14/h1-4H,5-6H2. The molecule has 0 spiro atoms. The Morgan fingerprint density at radius 2 is 1.87 bits per heavy atom. The molecule has 0 radical (unpaired) electrons. The molecule has 1 atom stereocenters. The average Bonchev–Trinajstić information content (AvgIpc) is 2.03. The van der Waals surface area contributed by atoms with Crippen molar-refractivity contribution < 1.29 is 17.9 Å². The molecule has 1 aromatic carbocycles. The molecular weight excluding hydrogens is 229 g/mol. The first-order valence-electron chi connectivity index (χ1n) is 4.43. The van der Waals surface area contributed by atoms with Gasteiger partial charge in [-0.1, -0.05) is 29.8 Å². The van der Waals surface area contributed by atoms with E-state index in [9.17, 15) is 13.2 Å². The molecular formula is C10H8ClF3O. The molecule has 0 aliphatic carbocycles. The highest BCUT2D eigenvalue weighted by Gasteiger charge is 2.62. The molecule has 0 amide bonds. The normalized spacial score (nSPS) is 26.1. The van der Waals surface area contributed by atoms with E-state index in [1.165, 1.54) is 18.2 Å². The van der Waals surface area contributed by atoms with E-state index < -0.39 is 11.8 Å². The van der Waals surface area contributed by atoms with Crippen LogP contribution in [0.25, 0.3) is 0 Å². The van der Waals surface area contributed by atoms with E-state index in [0.29, 0.717) is 0 Å². The van der Waals surface area contributed by atoms with Gasteiger partial charge in [-0.25, -0.2) is 0 Å². The zero-order valence-electron chi connectivity index (χ0n) is 7.64. The molecule has 1 heterocycles. The van der Waals surface area contributed by atoms with Gasteiger partial charge in [-0.05, 0) is 6.07 Å². The van der Waals surface area contributed by atoms with Crippen LogP contribution >= 0.6 is 11.6 Å². The second-order valence-corrected chi connectivity index (χ2v) is 3.81. The van der Waals surface area contributed by atoms with Crippen molar-refractivity contribution in [2.75, 3.05) is 6.61 Å². The summed E-state index contributed by atoms with van der Waals surface area (Å²) in [5.74, 6) is 0. The Hall–Kier alpha value is -0.740. The molecule has 15 heavy (non-hydrogen) atoms. The fourth-order valence-corrected chi connectivity index (χ4v) is 1.97. The Labute approximate surface area is 89.8 Å². The van der Waals surface area contributed by atoms with E-state index in [4.69, 9.17) is 16.3 Å². The van der Waals surface area contributed by atoms with Crippen LogP contribution in [0.15, 0.2) is 24.3 Å². The summed E-state index contributed by atoms with van der Waals surface area (Å²) in [6.07, 6.45) is -4.49. The van der Waals surface area contributed by atoms with Crippen LogP contribution in [0.3, 0.4) is 0 Å². The van der Waals surface area contributed by atoms with Crippen molar-refractivity contribution in [1.82, 2.24) is 0 Å². The van der Waals surface area contributed by atoms with E-state index in [0.717, 1.165) is 0 Å². The topological polar surface area (TPSA) is 9.23 Å². The second kappa shape index (κ2) is 3.39. The van der Waals surface area contributed by atoms with Gasteiger partial charge in [0.2, 0.25) is 0 Å². The maximum atomic E-state index is 12.8. The Morgan fingerprint density at radius 1 is 1.27 bits per heavy atom. The van der Waals surface area contributed by atoms with Gasteiger partial charge in [0.05, 0.1) is 6.61 Å². The van der Waals surface area contributed by atoms with E-state index in [1.807, 2.05) is 0 Å². The Kier molecular flexibility index (Phi) is 2.43. The minimum absolute atomic E-state index is 0.00502. The van der Waals surface area contributed by atoms with Crippen LogP contribution in [-0.4, -0.2) is 12.8 Å². The first-order chi connectivity index (χ1) is 6.97. The van der Waals surface area contributed by atoms with Gasteiger partial charge in [0.25, 0.3) is 0 Å². The molecule has 1 aromatic rings. The number of alkyl halides is 3. The summed E-state index contributed by atoms with van der Waals surface area (Å²) in [6, 6.07) is 5.91. The van der Waals surface area contributed by atoms with Gasteiger partial charge < -0.3 is 4.74 Å². The fraction of sp³-hybridized carbons (Fsp3) is 0.400. The molecule has 0 saturated carbocycles. The SMILES string of the molecule is FC(F)(F)C1(c2ccccc2Cl)CCO1. The quantitative estimate of drug-likeness (QED) is 0.725. The van der Waals surface area contributed by atoms with Gasteiger partial charge in [0, 0.05) is 17.0 Å². The van der Waals surface area contributed by atoms with Crippen LogP contribution in [0.1, 0.15) is 12.0 Å². The van der Waals surface area contributed by atoms with Crippen LogP contribution in [0.4, 0.5) is 13.2 Å². The number of rotatable bonds is 1. The summed E-state index contributed by atoms with van der Waals surface area (Å²) in [7, 11) is 0. The first-order valence-corrected chi connectivity index (χ1v) is 4.81. The van der Waals surface area contributed by atoms with Crippen LogP contribution in [-0.2, 0) is 10.3 Å². The zero-order valence-corrected chi connectivity index (χ0v) is 8.40. The molecule has 1 unspecified atom stereocenters. The van der Waals surface area contributed by atoms with E-state index in [1.54, 1.807) is 6.07 Å². The summed E-state index contributed by atoms with van der Waals surface area (Å²) in [5, 5.41) is 0.0922. The van der Waals surface area contributed by atoms with E-state index >= 15 is 0 Å². The highest BCUT2D eigenvalue weighted by atomic mass is 35.5. The third-order valence-corrected chi connectivity index (χ3v) is 2.90. The second-order valence-electron chi connectivity index (χ2n) is 3.40. The Balaban J connectivity index is 2.48. The number of benzene rings is 1. The minimum atomic E-state index is -4.42. The van der Waals surface area contributed by atoms with Crippen molar-refractivity contribution >= 4 is 11.6 Å². The van der Waals surface area contributed by atoms with Gasteiger partial charge in [-0.3, -0.25) is 0 Å². The number of ether oxygens (including phenoxy) is 1. The van der Waals surface area contributed by atoms with Gasteiger partial charge in [-0.2, -0.15) is 13.2 Å². The molecule has 1 nitrogen and oxygen atoms in total. The maximum absolute atomic E-state index is 12.8. The van der Waals surface area contributed by atoms with Crippen LogP contribution in [0.5, 0.6) is 0 Å². The van der Waals surface area contributed by atoms with Crippen molar-refractivity contribution in [3.8, 4) is 0 Å². The highest BCUT2D eigenvalue weighted by Crippen LogP contribution is 2.51. The third kappa shape index (κ3) is 1.52. The van der Waals surface area contributed by atoms with Crippen LogP contribution < -0.4 is 0 Å². The predicted octanol–water partition coefficient (Wildman–Crippen LogP) is 3.52. The van der Waals surface area contributed by atoms with Gasteiger partial charge >= 0.3 is 6.18 Å². The summed E-state index contributed by atoms with van der Waals surface area (Å²) in [5.41, 5.74) is -2.18. The lowest BCUT2D eigenvalue weighted by Crippen LogP contribution is -2.52. The van der Waals surface area contributed by atoms with Crippen molar-refractivity contribution in [2.24, 2.45) is 0 Å². The zero-order chi connectivity index (χ0) is 11.1. The summed E-state index contributed by atoms with van der Waals surface area (Å²) >= 11 is 5.75. The number of hydrogen-bond donors (Lipinski definition) is 0. The fourth-order valence-electron chi connectivity index (χ4n) is 1.68. The predicted molar refractivity (Wildman–Crippen MR) is 49.8 cm³/mol. The average molecular weight is 237 g/mol. The molecule has 2 rings (SSSR count). The molecule has 82 valence electrons. The monoisotopic (exact) mass is 236 g/mol. The van der Waals surface area contributed by atoms with E-state index in [2.05, 4.69) is 0 Å². The van der Waals surface area contributed by atoms with Gasteiger partial charge in [-0.15, -0.1) is 0 Å². The van der Waals surface area contributed by atoms with Gasteiger partial charge in [0.1, 0.15) is 0 Å². The van der Waals surface area contributed by atoms with Crippen molar-refractivity contribution in [2.45, 2.75) is 18.2 Å². The largest absolute Gasteiger partial charge is 0.421 e. The summed E-state index contributed by atoms with van der Waals surface area (Å²) in [4.78, 5) is 0. The van der Waals surface area contributed by atoms with Crippen molar-refractivity contribution in [3.05, 3.63) is 34.9 Å². The number of hydrogen-bond acceptors (Lipinski definition) is 1. The molecule has 0 bridgehead atoms. The Bertz CT molecular complexity index is 371. The lowest BCUT2D eigenvalue weighted by atomic mass is 9.86. The third-order valence-electron chi connectivity index (χ3n) is 2.57. The molecule has 5 heteroatoms. The maximum Gasteiger partial charge on any atom is 0.421 e.